The monoisotopic (exact) mass is 229 g/mol. The molecule has 1 heterocycles. The van der Waals surface area contributed by atoms with Gasteiger partial charge in [0.2, 0.25) is 0 Å². The number of ether oxygens (including phenoxy) is 1. The first-order chi connectivity index (χ1) is 8.13. The van der Waals surface area contributed by atoms with Crippen molar-refractivity contribution in [2.45, 2.75) is 33.1 Å². The van der Waals surface area contributed by atoms with Crippen molar-refractivity contribution in [2.75, 3.05) is 13.2 Å². The van der Waals surface area contributed by atoms with Crippen molar-refractivity contribution in [2.24, 2.45) is 5.41 Å². The van der Waals surface area contributed by atoms with E-state index >= 15 is 0 Å². The smallest absolute Gasteiger partial charge is 0.0847 e. The molecule has 2 heteroatoms. The fraction of sp³-hybridized carbons (Fsp3) is 0.533. The molecule has 0 radical (unpaired) electrons. The third-order valence-electron chi connectivity index (χ3n) is 3.38. The molecule has 1 saturated heterocycles. The number of rotatable bonds is 2. The van der Waals surface area contributed by atoms with Crippen LogP contribution >= 0.6 is 0 Å². The lowest BCUT2D eigenvalue weighted by molar-refractivity contribution is 0.0223. The molecule has 2 rings (SSSR count). The Bertz CT molecular complexity index is 418. The van der Waals surface area contributed by atoms with Gasteiger partial charge in [-0.3, -0.25) is 0 Å². The summed E-state index contributed by atoms with van der Waals surface area (Å²) in [6, 6.07) is 9.01. The largest absolute Gasteiger partial charge is 0.380 e. The number of nitriles is 1. The minimum atomic E-state index is -0.307. The van der Waals surface area contributed by atoms with E-state index in [-0.39, 0.29) is 5.41 Å². The van der Waals surface area contributed by atoms with E-state index in [1.807, 2.05) is 0 Å². The van der Waals surface area contributed by atoms with Gasteiger partial charge in [0.25, 0.3) is 0 Å². The molecule has 1 aliphatic heterocycles. The molecule has 1 aliphatic rings. The third kappa shape index (κ3) is 2.87. The van der Waals surface area contributed by atoms with Crippen LogP contribution in [0, 0.1) is 30.6 Å². The molecule has 1 aromatic rings. The van der Waals surface area contributed by atoms with Crippen LogP contribution in [0.3, 0.4) is 0 Å². The third-order valence-corrected chi connectivity index (χ3v) is 3.38. The van der Waals surface area contributed by atoms with Gasteiger partial charge in [0.1, 0.15) is 0 Å². The SMILES string of the molecule is Cc1cc(C)cc(CC2(C#N)CCCOC2)c1. The van der Waals surface area contributed by atoms with E-state index in [0.717, 1.165) is 25.9 Å². The van der Waals surface area contributed by atoms with Crippen molar-refractivity contribution in [1.29, 1.82) is 5.26 Å². The van der Waals surface area contributed by atoms with Gasteiger partial charge in [0.05, 0.1) is 18.1 Å². The van der Waals surface area contributed by atoms with E-state index in [1.54, 1.807) is 0 Å². The van der Waals surface area contributed by atoms with Crippen LogP contribution in [0.5, 0.6) is 0 Å². The number of hydrogen-bond acceptors (Lipinski definition) is 2. The van der Waals surface area contributed by atoms with Crippen molar-refractivity contribution in [3.05, 3.63) is 34.9 Å². The Morgan fingerprint density at radius 1 is 1.29 bits per heavy atom. The Morgan fingerprint density at radius 3 is 2.53 bits per heavy atom. The van der Waals surface area contributed by atoms with E-state index in [2.05, 4.69) is 38.1 Å². The number of nitrogens with zero attached hydrogens (tertiary/aromatic N) is 1. The molecule has 1 atom stereocenters. The number of benzene rings is 1. The highest BCUT2D eigenvalue weighted by Gasteiger charge is 2.33. The molecule has 1 aromatic carbocycles. The maximum atomic E-state index is 9.41. The fourth-order valence-electron chi connectivity index (χ4n) is 2.68. The molecule has 90 valence electrons. The van der Waals surface area contributed by atoms with Gasteiger partial charge in [-0.15, -0.1) is 0 Å². The summed E-state index contributed by atoms with van der Waals surface area (Å²) in [6.07, 6.45) is 2.76. The van der Waals surface area contributed by atoms with Gasteiger partial charge in [-0.2, -0.15) is 5.26 Å². The van der Waals surface area contributed by atoms with Gasteiger partial charge < -0.3 is 4.74 Å². The highest BCUT2D eigenvalue weighted by Crippen LogP contribution is 2.32. The molecular weight excluding hydrogens is 210 g/mol. The molecule has 0 N–H and O–H groups in total. The summed E-state index contributed by atoms with van der Waals surface area (Å²) in [5, 5.41) is 9.41. The first-order valence-electron chi connectivity index (χ1n) is 6.20. The predicted molar refractivity (Wildman–Crippen MR) is 67.7 cm³/mol. The molecule has 0 saturated carbocycles. The van der Waals surface area contributed by atoms with Crippen LogP contribution in [0.15, 0.2) is 18.2 Å². The first-order valence-corrected chi connectivity index (χ1v) is 6.20. The van der Waals surface area contributed by atoms with Gasteiger partial charge in [0, 0.05) is 6.61 Å². The summed E-state index contributed by atoms with van der Waals surface area (Å²) in [4.78, 5) is 0. The zero-order valence-corrected chi connectivity index (χ0v) is 10.6. The fourth-order valence-corrected chi connectivity index (χ4v) is 2.68. The van der Waals surface area contributed by atoms with Crippen molar-refractivity contribution < 1.29 is 4.74 Å². The van der Waals surface area contributed by atoms with Crippen LogP contribution in [0.4, 0.5) is 0 Å². The molecule has 17 heavy (non-hydrogen) atoms. The lowest BCUT2D eigenvalue weighted by Crippen LogP contribution is -2.32. The summed E-state index contributed by atoms with van der Waals surface area (Å²) < 4.78 is 5.49. The van der Waals surface area contributed by atoms with Gasteiger partial charge in [-0.25, -0.2) is 0 Å². The molecule has 0 aromatic heterocycles. The van der Waals surface area contributed by atoms with Gasteiger partial charge >= 0.3 is 0 Å². The zero-order chi connectivity index (χ0) is 12.3. The van der Waals surface area contributed by atoms with Crippen molar-refractivity contribution in [1.82, 2.24) is 0 Å². The molecule has 0 aliphatic carbocycles. The Labute approximate surface area is 103 Å². The van der Waals surface area contributed by atoms with Crippen LogP contribution in [0.25, 0.3) is 0 Å². The average Bonchev–Trinajstić information content (AvgIpc) is 2.29. The van der Waals surface area contributed by atoms with Crippen molar-refractivity contribution in [3.8, 4) is 6.07 Å². The summed E-state index contributed by atoms with van der Waals surface area (Å²) >= 11 is 0. The first kappa shape index (κ1) is 12.1. The Kier molecular flexibility index (Phi) is 3.49. The standard InChI is InChI=1S/C15H19NO/c1-12-6-13(2)8-14(7-12)9-15(10-16)4-3-5-17-11-15/h6-8H,3-5,9,11H2,1-2H3. The number of hydrogen-bond donors (Lipinski definition) is 0. The minimum absolute atomic E-state index is 0.307. The summed E-state index contributed by atoms with van der Waals surface area (Å²) in [5.41, 5.74) is 3.49. The Balaban J connectivity index is 2.21. The molecule has 0 bridgehead atoms. The van der Waals surface area contributed by atoms with Gasteiger partial charge in [0.15, 0.2) is 0 Å². The molecule has 2 nitrogen and oxygen atoms in total. The van der Waals surface area contributed by atoms with E-state index in [0.29, 0.717) is 6.61 Å². The van der Waals surface area contributed by atoms with Crippen LogP contribution in [-0.4, -0.2) is 13.2 Å². The Morgan fingerprint density at radius 2 is 2.00 bits per heavy atom. The summed E-state index contributed by atoms with van der Waals surface area (Å²) in [5.74, 6) is 0. The lowest BCUT2D eigenvalue weighted by Gasteiger charge is -2.30. The molecule has 0 spiro atoms. The highest BCUT2D eigenvalue weighted by atomic mass is 16.5. The number of aryl methyl sites for hydroxylation is 2. The normalized spacial score (nSPS) is 24.3. The van der Waals surface area contributed by atoms with E-state index in [1.165, 1.54) is 16.7 Å². The quantitative estimate of drug-likeness (QED) is 0.780. The summed E-state index contributed by atoms with van der Waals surface area (Å²) in [7, 11) is 0. The molecular formula is C15H19NO. The van der Waals surface area contributed by atoms with E-state index < -0.39 is 0 Å². The topological polar surface area (TPSA) is 33.0 Å². The van der Waals surface area contributed by atoms with E-state index in [4.69, 9.17) is 4.74 Å². The second kappa shape index (κ2) is 4.89. The predicted octanol–water partition coefficient (Wildman–Crippen LogP) is 3.17. The summed E-state index contributed by atoms with van der Waals surface area (Å²) in [6.45, 7) is 5.59. The second-order valence-electron chi connectivity index (χ2n) is 5.22. The maximum absolute atomic E-state index is 9.41. The van der Waals surface area contributed by atoms with Crippen LogP contribution < -0.4 is 0 Å². The molecule has 0 amide bonds. The molecule has 1 unspecified atom stereocenters. The lowest BCUT2D eigenvalue weighted by atomic mass is 9.78. The minimum Gasteiger partial charge on any atom is -0.380 e. The van der Waals surface area contributed by atoms with Gasteiger partial charge in [-0.1, -0.05) is 29.3 Å². The second-order valence-corrected chi connectivity index (χ2v) is 5.22. The maximum Gasteiger partial charge on any atom is 0.0847 e. The van der Waals surface area contributed by atoms with Crippen molar-refractivity contribution in [3.63, 3.8) is 0 Å². The zero-order valence-electron chi connectivity index (χ0n) is 10.6. The van der Waals surface area contributed by atoms with Gasteiger partial charge in [-0.05, 0) is 38.7 Å². The van der Waals surface area contributed by atoms with Crippen LogP contribution in [-0.2, 0) is 11.2 Å². The van der Waals surface area contributed by atoms with Crippen LogP contribution in [0.2, 0.25) is 0 Å². The van der Waals surface area contributed by atoms with E-state index in [9.17, 15) is 5.26 Å². The van der Waals surface area contributed by atoms with Crippen molar-refractivity contribution >= 4 is 0 Å². The average molecular weight is 229 g/mol. The van der Waals surface area contributed by atoms with Crippen LogP contribution in [0.1, 0.15) is 29.5 Å². The highest BCUT2D eigenvalue weighted by molar-refractivity contribution is 5.30. The Hall–Kier alpha value is -1.33. The molecule has 1 fully saturated rings.